The van der Waals surface area contributed by atoms with E-state index in [1.807, 2.05) is 0 Å². The van der Waals surface area contributed by atoms with Gasteiger partial charge in [-0.1, -0.05) is 0 Å². The maximum Gasteiger partial charge on any atom is 0.345 e. The highest BCUT2D eigenvalue weighted by molar-refractivity contribution is 7.90. The van der Waals surface area contributed by atoms with Crippen molar-refractivity contribution >= 4 is 27.3 Å². The second-order valence-electron chi connectivity index (χ2n) is 6.47. The van der Waals surface area contributed by atoms with Crippen LogP contribution in [0.5, 0.6) is 0 Å². The van der Waals surface area contributed by atoms with Crippen molar-refractivity contribution in [3.05, 3.63) is 59.7 Å². The number of anilines is 1. The van der Waals surface area contributed by atoms with Crippen LogP contribution in [0.15, 0.2) is 52.5 Å². The SMILES string of the molecule is CC(=O)NS(=O)(=O)c1ccc(N2N=C(C)C(F)(F)C2(F)c2ccc(F)cc2F)cc1. The largest absolute Gasteiger partial charge is 0.345 e. The molecule has 0 radical (unpaired) electrons. The number of hydrogen-bond donors (Lipinski definition) is 1. The van der Waals surface area contributed by atoms with Crippen LogP contribution in [0.25, 0.3) is 0 Å². The van der Waals surface area contributed by atoms with Crippen LogP contribution in [-0.4, -0.2) is 26.0 Å². The maximum absolute atomic E-state index is 15.8. The molecule has 0 spiro atoms. The van der Waals surface area contributed by atoms with E-state index in [2.05, 4.69) is 5.10 Å². The van der Waals surface area contributed by atoms with Crippen molar-refractivity contribution in [3.63, 3.8) is 0 Å². The number of nitrogens with one attached hydrogen (secondary N) is 1. The molecule has 2 aromatic rings. The molecule has 1 heterocycles. The van der Waals surface area contributed by atoms with Crippen molar-refractivity contribution in [2.45, 2.75) is 30.5 Å². The average molecular weight is 447 g/mol. The Morgan fingerprint density at radius 1 is 1.07 bits per heavy atom. The van der Waals surface area contributed by atoms with E-state index >= 15 is 4.39 Å². The smallest absolute Gasteiger partial charge is 0.274 e. The molecule has 12 heteroatoms. The quantitative estimate of drug-likeness (QED) is 0.575. The Bertz CT molecular complexity index is 1150. The van der Waals surface area contributed by atoms with Crippen molar-refractivity contribution in [1.29, 1.82) is 0 Å². The molecule has 0 aliphatic carbocycles. The van der Waals surface area contributed by atoms with Crippen LogP contribution in [0, 0.1) is 11.6 Å². The molecule has 1 amide bonds. The van der Waals surface area contributed by atoms with Gasteiger partial charge in [0.25, 0.3) is 15.8 Å². The number of carbonyl (C=O) groups excluding carboxylic acids is 1. The van der Waals surface area contributed by atoms with E-state index in [-0.39, 0.29) is 16.8 Å². The van der Waals surface area contributed by atoms with Gasteiger partial charge in [0.05, 0.1) is 16.1 Å². The summed E-state index contributed by atoms with van der Waals surface area (Å²) in [6.07, 6.45) is 0. The van der Waals surface area contributed by atoms with Gasteiger partial charge in [-0.3, -0.25) is 4.79 Å². The van der Waals surface area contributed by atoms with Crippen LogP contribution in [0.1, 0.15) is 19.4 Å². The highest BCUT2D eigenvalue weighted by atomic mass is 32.2. The molecule has 1 aliphatic rings. The molecule has 2 aromatic carbocycles. The minimum absolute atomic E-state index is 0.202. The standard InChI is InChI=1S/C18H14F5N3O3S/c1-10-17(21,22)18(23,15-8-3-12(19)9-16(15)20)26(24-10)13-4-6-14(7-5-13)30(28,29)25-11(2)27/h3-9H,1-2H3,(H,25,27). The van der Waals surface area contributed by atoms with Gasteiger partial charge in [-0.25, -0.2) is 31.3 Å². The van der Waals surface area contributed by atoms with Crippen LogP contribution in [0.2, 0.25) is 0 Å². The van der Waals surface area contributed by atoms with Gasteiger partial charge < -0.3 is 0 Å². The Morgan fingerprint density at radius 2 is 1.67 bits per heavy atom. The number of nitrogens with zero attached hydrogens (tertiary/aromatic N) is 2. The first-order valence-corrected chi connectivity index (χ1v) is 9.80. The Hall–Kier alpha value is -3.02. The molecule has 1 unspecified atom stereocenters. The van der Waals surface area contributed by atoms with Crippen LogP contribution < -0.4 is 9.73 Å². The highest BCUT2D eigenvalue weighted by Gasteiger charge is 2.67. The molecule has 0 saturated heterocycles. The summed E-state index contributed by atoms with van der Waals surface area (Å²) in [5.74, 6) is -11.6. The molecule has 30 heavy (non-hydrogen) atoms. The lowest BCUT2D eigenvalue weighted by Gasteiger charge is -2.34. The molecule has 0 aromatic heterocycles. The van der Waals surface area contributed by atoms with E-state index in [0.717, 1.165) is 38.1 Å². The van der Waals surface area contributed by atoms with Gasteiger partial charge in [-0.05, 0) is 43.3 Å². The average Bonchev–Trinajstić information content (AvgIpc) is 2.81. The molecule has 6 nitrogen and oxygen atoms in total. The summed E-state index contributed by atoms with van der Waals surface area (Å²) < 4.78 is 98.5. The van der Waals surface area contributed by atoms with Crippen molar-refractivity contribution in [1.82, 2.24) is 4.72 Å². The van der Waals surface area contributed by atoms with Gasteiger partial charge in [0, 0.05) is 13.0 Å². The van der Waals surface area contributed by atoms with E-state index in [9.17, 15) is 30.8 Å². The fourth-order valence-electron chi connectivity index (χ4n) is 2.95. The van der Waals surface area contributed by atoms with Gasteiger partial charge in [0.2, 0.25) is 5.91 Å². The second-order valence-corrected chi connectivity index (χ2v) is 8.16. The molecule has 1 atom stereocenters. The van der Waals surface area contributed by atoms with E-state index in [1.165, 1.54) is 0 Å². The lowest BCUT2D eigenvalue weighted by atomic mass is 9.94. The Balaban J connectivity index is 2.11. The van der Waals surface area contributed by atoms with E-state index in [1.54, 1.807) is 4.72 Å². The first-order chi connectivity index (χ1) is 13.8. The summed E-state index contributed by atoms with van der Waals surface area (Å²) in [4.78, 5) is 10.6. The highest BCUT2D eigenvalue weighted by Crippen LogP contribution is 2.52. The number of halogens is 5. The summed E-state index contributed by atoms with van der Waals surface area (Å²) in [5.41, 5.74) is -2.45. The molecule has 3 rings (SSSR count). The lowest BCUT2D eigenvalue weighted by molar-refractivity contribution is -0.117. The van der Waals surface area contributed by atoms with Gasteiger partial charge in [0.15, 0.2) is 0 Å². The van der Waals surface area contributed by atoms with Crippen molar-refractivity contribution in [3.8, 4) is 0 Å². The molecule has 0 bridgehead atoms. The Kier molecular flexibility index (Phi) is 5.09. The van der Waals surface area contributed by atoms with Gasteiger partial charge >= 0.3 is 5.92 Å². The maximum atomic E-state index is 15.8. The zero-order valence-corrected chi connectivity index (χ0v) is 16.3. The number of alkyl halides is 3. The first-order valence-electron chi connectivity index (χ1n) is 8.32. The van der Waals surface area contributed by atoms with Gasteiger partial charge in [0.1, 0.15) is 17.3 Å². The van der Waals surface area contributed by atoms with Crippen LogP contribution in [0.3, 0.4) is 0 Å². The number of amides is 1. The predicted octanol–water partition coefficient (Wildman–Crippen LogP) is 3.44. The van der Waals surface area contributed by atoms with Gasteiger partial charge in [-0.15, -0.1) is 0 Å². The molecular weight excluding hydrogens is 433 g/mol. The summed E-state index contributed by atoms with van der Waals surface area (Å²) >= 11 is 0. The summed E-state index contributed by atoms with van der Waals surface area (Å²) in [6.45, 7) is 1.82. The van der Waals surface area contributed by atoms with Crippen LogP contribution in [0.4, 0.5) is 27.6 Å². The summed E-state index contributed by atoms with van der Waals surface area (Å²) in [7, 11) is -4.22. The van der Waals surface area contributed by atoms with E-state index < -0.39 is 55.5 Å². The zero-order chi connectivity index (χ0) is 22.5. The topological polar surface area (TPSA) is 78.8 Å². The van der Waals surface area contributed by atoms with Crippen molar-refractivity contribution in [2.24, 2.45) is 5.10 Å². The predicted molar refractivity (Wildman–Crippen MR) is 97.1 cm³/mol. The van der Waals surface area contributed by atoms with Gasteiger partial charge in [-0.2, -0.15) is 13.9 Å². The molecule has 1 N–H and O–H groups in total. The molecular formula is C18H14F5N3O3S. The number of hydrazone groups is 1. The zero-order valence-electron chi connectivity index (χ0n) is 15.5. The first kappa shape index (κ1) is 21.7. The monoisotopic (exact) mass is 447 g/mol. The number of sulfonamides is 1. The lowest BCUT2D eigenvalue weighted by Crippen LogP contribution is -2.51. The van der Waals surface area contributed by atoms with Crippen LogP contribution >= 0.6 is 0 Å². The number of rotatable bonds is 4. The van der Waals surface area contributed by atoms with Crippen molar-refractivity contribution < 1.29 is 35.2 Å². The summed E-state index contributed by atoms with van der Waals surface area (Å²) in [5, 5.41) is 3.69. The summed E-state index contributed by atoms with van der Waals surface area (Å²) in [6, 6.07) is 5.24. The molecule has 1 aliphatic heterocycles. The fourth-order valence-corrected chi connectivity index (χ4v) is 3.94. The molecule has 0 saturated carbocycles. The van der Waals surface area contributed by atoms with Crippen molar-refractivity contribution in [2.75, 3.05) is 5.01 Å². The third kappa shape index (κ3) is 3.30. The minimum atomic E-state index is -4.29. The number of carbonyl (C=O) groups is 1. The Morgan fingerprint density at radius 3 is 2.20 bits per heavy atom. The third-order valence-electron chi connectivity index (χ3n) is 4.37. The second kappa shape index (κ2) is 7.04. The normalized spacial score (nSPS) is 20.8. The number of hydrogen-bond acceptors (Lipinski definition) is 5. The molecule has 160 valence electrons. The fraction of sp³-hybridized carbons (Fsp3) is 0.222. The minimum Gasteiger partial charge on any atom is -0.274 e. The molecule has 0 fully saturated rings. The van der Waals surface area contributed by atoms with E-state index in [0.29, 0.717) is 12.1 Å². The van der Waals surface area contributed by atoms with Crippen LogP contribution in [-0.2, 0) is 20.6 Å². The van der Waals surface area contributed by atoms with E-state index in [4.69, 9.17) is 0 Å². The third-order valence-corrected chi connectivity index (χ3v) is 5.82. The number of benzene rings is 2. The Labute approximate surface area is 168 Å².